The molecule has 0 saturated carbocycles. The van der Waals surface area contributed by atoms with Crippen molar-refractivity contribution in [2.75, 3.05) is 6.61 Å². The van der Waals surface area contributed by atoms with Gasteiger partial charge in [-0.25, -0.2) is 0 Å². The quantitative estimate of drug-likeness (QED) is 0.805. The van der Waals surface area contributed by atoms with Gasteiger partial charge in [-0.3, -0.25) is 4.79 Å². The van der Waals surface area contributed by atoms with E-state index in [0.717, 1.165) is 0 Å². The molecular weight excluding hydrogens is 303 g/mol. The molecule has 0 N–H and O–H groups in total. The van der Waals surface area contributed by atoms with E-state index < -0.39 is 11.9 Å². The third kappa shape index (κ3) is 3.29. The van der Waals surface area contributed by atoms with Gasteiger partial charge in [0.25, 0.3) is 0 Å². The molecule has 20 heavy (non-hydrogen) atoms. The van der Waals surface area contributed by atoms with Crippen molar-refractivity contribution in [2.45, 2.75) is 19.8 Å². The van der Waals surface area contributed by atoms with E-state index in [9.17, 15) is 4.79 Å². The van der Waals surface area contributed by atoms with Gasteiger partial charge in [0.15, 0.2) is 0 Å². The maximum absolute atomic E-state index is 11.6. The van der Waals surface area contributed by atoms with Crippen LogP contribution in [0.1, 0.15) is 25.7 Å². The van der Waals surface area contributed by atoms with Crippen molar-refractivity contribution in [3.8, 4) is 11.4 Å². The molecule has 0 aliphatic heterocycles. The van der Waals surface area contributed by atoms with Crippen molar-refractivity contribution in [2.24, 2.45) is 0 Å². The Balaban J connectivity index is 2.26. The molecule has 0 amide bonds. The van der Waals surface area contributed by atoms with Crippen LogP contribution in [0.25, 0.3) is 11.4 Å². The number of hydrogen-bond donors (Lipinski definition) is 0. The van der Waals surface area contributed by atoms with Gasteiger partial charge in [-0.1, -0.05) is 28.4 Å². The van der Waals surface area contributed by atoms with Gasteiger partial charge in [-0.15, -0.1) is 0 Å². The van der Waals surface area contributed by atoms with Crippen molar-refractivity contribution >= 4 is 29.2 Å². The van der Waals surface area contributed by atoms with Crippen LogP contribution in [0.3, 0.4) is 0 Å². The van der Waals surface area contributed by atoms with E-state index in [-0.39, 0.29) is 5.89 Å². The highest BCUT2D eigenvalue weighted by molar-refractivity contribution is 6.35. The molecule has 0 aliphatic rings. The minimum Gasteiger partial charge on any atom is -0.465 e. The van der Waals surface area contributed by atoms with Crippen LogP contribution in [0.2, 0.25) is 10.0 Å². The SMILES string of the molecule is CCOC(=O)C(C)c1nc(-c2cc(Cl)cc(Cl)c2)no1. The van der Waals surface area contributed by atoms with Gasteiger partial charge in [0, 0.05) is 15.6 Å². The largest absolute Gasteiger partial charge is 0.465 e. The van der Waals surface area contributed by atoms with Crippen LogP contribution in [0.4, 0.5) is 0 Å². The summed E-state index contributed by atoms with van der Waals surface area (Å²) >= 11 is 11.8. The average Bonchev–Trinajstić information content (AvgIpc) is 2.86. The molecule has 2 aromatic rings. The topological polar surface area (TPSA) is 65.2 Å². The van der Waals surface area contributed by atoms with Crippen molar-refractivity contribution in [3.05, 3.63) is 34.1 Å². The number of aromatic nitrogens is 2. The minimum absolute atomic E-state index is 0.189. The fourth-order valence-corrected chi connectivity index (χ4v) is 2.11. The van der Waals surface area contributed by atoms with E-state index in [2.05, 4.69) is 10.1 Å². The van der Waals surface area contributed by atoms with Crippen LogP contribution in [0, 0.1) is 0 Å². The highest BCUT2D eigenvalue weighted by Crippen LogP contribution is 2.26. The zero-order valence-electron chi connectivity index (χ0n) is 10.9. The second-order valence-electron chi connectivity index (χ2n) is 4.09. The van der Waals surface area contributed by atoms with Crippen molar-refractivity contribution in [1.29, 1.82) is 0 Å². The Kier molecular flexibility index (Phi) is 4.62. The third-order valence-corrected chi connectivity index (χ3v) is 3.01. The summed E-state index contributed by atoms with van der Waals surface area (Å²) in [7, 11) is 0. The van der Waals surface area contributed by atoms with Gasteiger partial charge >= 0.3 is 5.97 Å². The number of carbonyl (C=O) groups excluding carboxylic acids is 1. The maximum Gasteiger partial charge on any atom is 0.318 e. The predicted octanol–water partition coefficient (Wildman–Crippen LogP) is 3.71. The first-order chi connectivity index (χ1) is 9.51. The lowest BCUT2D eigenvalue weighted by Crippen LogP contribution is -2.13. The van der Waals surface area contributed by atoms with Crippen LogP contribution in [-0.2, 0) is 9.53 Å². The molecule has 0 bridgehead atoms. The van der Waals surface area contributed by atoms with E-state index in [0.29, 0.717) is 28.0 Å². The molecule has 1 heterocycles. The Hall–Kier alpha value is -1.59. The number of carbonyl (C=O) groups is 1. The summed E-state index contributed by atoms with van der Waals surface area (Å²) in [6.07, 6.45) is 0. The first-order valence-corrected chi connectivity index (χ1v) is 6.73. The zero-order valence-corrected chi connectivity index (χ0v) is 12.4. The van der Waals surface area contributed by atoms with Gasteiger partial charge in [-0.2, -0.15) is 4.98 Å². The highest BCUT2D eigenvalue weighted by atomic mass is 35.5. The van der Waals surface area contributed by atoms with Gasteiger partial charge in [-0.05, 0) is 32.0 Å². The Morgan fingerprint density at radius 1 is 1.35 bits per heavy atom. The van der Waals surface area contributed by atoms with Gasteiger partial charge < -0.3 is 9.26 Å². The monoisotopic (exact) mass is 314 g/mol. The van der Waals surface area contributed by atoms with Crippen LogP contribution in [0.15, 0.2) is 22.7 Å². The van der Waals surface area contributed by atoms with Gasteiger partial charge in [0.1, 0.15) is 5.92 Å². The fourth-order valence-electron chi connectivity index (χ4n) is 1.58. The van der Waals surface area contributed by atoms with Crippen LogP contribution < -0.4 is 0 Å². The van der Waals surface area contributed by atoms with Crippen molar-refractivity contribution < 1.29 is 14.1 Å². The molecule has 1 aromatic heterocycles. The average molecular weight is 315 g/mol. The summed E-state index contributed by atoms with van der Waals surface area (Å²) in [5.74, 6) is -0.521. The first-order valence-electron chi connectivity index (χ1n) is 5.98. The summed E-state index contributed by atoms with van der Waals surface area (Å²) < 4.78 is 9.98. The van der Waals surface area contributed by atoms with E-state index in [1.165, 1.54) is 0 Å². The normalized spacial score (nSPS) is 12.2. The Morgan fingerprint density at radius 2 is 2.00 bits per heavy atom. The minimum atomic E-state index is -0.620. The number of ether oxygens (including phenoxy) is 1. The van der Waals surface area contributed by atoms with Crippen molar-refractivity contribution in [1.82, 2.24) is 10.1 Å². The fraction of sp³-hybridized carbons (Fsp3) is 0.308. The molecular formula is C13H12Cl2N2O3. The molecule has 106 valence electrons. The van der Waals surface area contributed by atoms with Crippen LogP contribution in [0.5, 0.6) is 0 Å². The summed E-state index contributed by atoms with van der Waals surface area (Å²) in [5, 5.41) is 4.76. The van der Waals surface area contributed by atoms with Crippen molar-refractivity contribution in [3.63, 3.8) is 0 Å². The molecule has 7 heteroatoms. The molecule has 5 nitrogen and oxygen atoms in total. The highest BCUT2D eigenvalue weighted by Gasteiger charge is 2.23. The van der Waals surface area contributed by atoms with Gasteiger partial charge in [0.05, 0.1) is 6.61 Å². The van der Waals surface area contributed by atoms with Crippen LogP contribution in [-0.4, -0.2) is 22.7 Å². The van der Waals surface area contributed by atoms with E-state index in [1.54, 1.807) is 32.0 Å². The summed E-state index contributed by atoms with van der Waals surface area (Å²) in [5.41, 5.74) is 0.619. The molecule has 0 saturated heterocycles. The molecule has 2 rings (SSSR count). The smallest absolute Gasteiger partial charge is 0.318 e. The second-order valence-corrected chi connectivity index (χ2v) is 4.96. The van der Waals surface area contributed by atoms with Gasteiger partial charge in [0.2, 0.25) is 11.7 Å². The molecule has 1 unspecified atom stereocenters. The molecule has 0 aliphatic carbocycles. The first kappa shape index (κ1) is 14.8. The van der Waals surface area contributed by atoms with E-state index >= 15 is 0 Å². The Bertz CT molecular complexity index is 608. The second kappa shape index (κ2) is 6.24. The van der Waals surface area contributed by atoms with Crippen LogP contribution >= 0.6 is 23.2 Å². The number of benzene rings is 1. The van der Waals surface area contributed by atoms with E-state index in [4.69, 9.17) is 32.5 Å². The molecule has 0 radical (unpaired) electrons. The Labute approximate surface area is 125 Å². The zero-order chi connectivity index (χ0) is 14.7. The van der Waals surface area contributed by atoms with E-state index in [1.807, 2.05) is 0 Å². The standard InChI is InChI=1S/C13H12Cl2N2O3/c1-3-19-13(18)7(2)12-16-11(17-20-12)8-4-9(14)6-10(15)5-8/h4-7H,3H2,1-2H3. The number of halogens is 2. The maximum atomic E-state index is 11.6. The number of nitrogens with zero attached hydrogens (tertiary/aromatic N) is 2. The summed E-state index contributed by atoms with van der Waals surface area (Å²) in [4.78, 5) is 15.8. The number of esters is 1. The third-order valence-electron chi connectivity index (χ3n) is 2.57. The predicted molar refractivity (Wildman–Crippen MR) is 74.8 cm³/mol. The summed E-state index contributed by atoms with van der Waals surface area (Å²) in [6, 6.07) is 4.93. The molecule has 1 aromatic carbocycles. The lowest BCUT2D eigenvalue weighted by Gasteiger charge is -2.04. The number of rotatable bonds is 4. The molecule has 1 atom stereocenters. The summed E-state index contributed by atoms with van der Waals surface area (Å²) in [6.45, 7) is 3.67. The molecule has 0 fully saturated rings. The lowest BCUT2D eigenvalue weighted by atomic mass is 10.2. The number of hydrogen-bond acceptors (Lipinski definition) is 5. The molecule has 0 spiro atoms. The Morgan fingerprint density at radius 3 is 2.60 bits per heavy atom. The lowest BCUT2D eigenvalue weighted by molar-refractivity contribution is -0.145.